The number of carbonyl (C=O) groups is 1. The number of benzene rings is 2. The standard InChI is InChI=1S/C17H14FN3O2S/c1-10(15(22)19-14-9-5-3-7-12(14)18)24-17-20-13-8-4-2-6-11(13)16(23)21-17/h2-10H,1H3,(H,19,22)(H,20,21,23)/t10-/m0/s1. The lowest BCUT2D eigenvalue weighted by Crippen LogP contribution is -2.23. The van der Waals surface area contributed by atoms with Crippen molar-refractivity contribution in [1.82, 2.24) is 9.97 Å². The minimum atomic E-state index is -0.561. The Morgan fingerprint density at radius 1 is 1.21 bits per heavy atom. The van der Waals surface area contributed by atoms with Crippen LogP contribution in [-0.4, -0.2) is 21.1 Å². The number of fused-ring (bicyclic) bond motifs is 1. The number of H-pyrrole nitrogens is 1. The van der Waals surface area contributed by atoms with E-state index >= 15 is 0 Å². The van der Waals surface area contributed by atoms with Gasteiger partial charge in [0.25, 0.3) is 5.56 Å². The summed E-state index contributed by atoms with van der Waals surface area (Å²) < 4.78 is 13.6. The zero-order valence-corrected chi connectivity index (χ0v) is 13.6. The fraction of sp³-hybridized carbons (Fsp3) is 0.118. The second-order valence-corrected chi connectivity index (χ2v) is 6.45. The molecule has 3 rings (SSSR count). The summed E-state index contributed by atoms with van der Waals surface area (Å²) in [4.78, 5) is 31.2. The second kappa shape index (κ2) is 6.84. The smallest absolute Gasteiger partial charge is 0.259 e. The first-order valence-electron chi connectivity index (χ1n) is 7.25. The minimum Gasteiger partial charge on any atom is -0.323 e. The second-order valence-electron chi connectivity index (χ2n) is 5.12. The average Bonchev–Trinajstić information content (AvgIpc) is 2.57. The highest BCUT2D eigenvalue weighted by molar-refractivity contribution is 8.00. The van der Waals surface area contributed by atoms with Crippen LogP contribution in [0.3, 0.4) is 0 Å². The lowest BCUT2D eigenvalue weighted by molar-refractivity contribution is -0.115. The molecule has 24 heavy (non-hydrogen) atoms. The number of hydrogen-bond acceptors (Lipinski definition) is 4. The van der Waals surface area contributed by atoms with E-state index < -0.39 is 11.1 Å². The quantitative estimate of drug-likeness (QED) is 0.564. The number of amides is 1. The molecule has 0 saturated heterocycles. The molecular formula is C17H14FN3O2S. The first-order valence-corrected chi connectivity index (χ1v) is 8.13. The van der Waals surface area contributed by atoms with Gasteiger partial charge in [0.15, 0.2) is 5.16 Å². The predicted molar refractivity (Wildman–Crippen MR) is 92.7 cm³/mol. The van der Waals surface area contributed by atoms with Crippen LogP contribution in [0.15, 0.2) is 58.5 Å². The summed E-state index contributed by atoms with van der Waals surface area (Å²) in [6.45, 7) is 1.66. The van der Waals surface area contributed by atoms with E-state index in [1.165, 1.54) is 12.1 Å². The van der Waals surface area contributed by atoms with Crippen molar-refractivity contribution in [3.63, 3.8) is 0 Å². The van der Waals surface area contributed by atoms with Crippen molar-refractivity contribution in [2.45, 2.75) is 17.3 Å². The molecule has 1 amide bonds. The van der Waals surface area contributed by atoms with Crippen LogP contribution in [0.2, 0.25) is 0 Å². The number of aromatic nitrogens is 2. The molecule has 3 aromatic rings. The SMILES string of the molecule is C[C@H](Sc1nc2ccccc2c(=O)[nH]1)C(=O)Nc1ccccc1F. The molecule has 2 N–H and O–H groups in total. The van der Waals surface area contributed by atoms with Crippen LogP contribution < -0.4 is 10.9 Å². The summed E-state index contributed by atoms with van der Waals surface area (Å²) in [5, 5.41) is 2.80. The Hall–Kier alpha value is -2.67. The maximum absolute atomic E-state index is 13.6. The van der Waals surface area contributed by atoms with Crippen molar-refractivity contribution >= 4 is 34.3 Å². The number of thioether (sulfide) groups is 1. The van der Waals surface area contributed by atoms with E-state index in [0.717, 1.165) is 11.8 Å². The van der Waals surface area contributed by atoms with Crippen LogP contribution in [-0.2, 0) is 4.79 Å². The summed E-state index contributed by atoms with van der Waals surface area (Å²) in [6, 6.07) is 12.9. The largest absolute Gasteiger partial charge is 0.323 e. The molecular weight excluding hydrogens is 329 g/mol. The lowest BCUT2D eigenvalue weighted by atomic mass is 10.2. The number of nitrogens with zero attached hydrogens (tertiary/aromatic N) is 1. The van der Waals surface area contributed by atoms with Crippen molar-refractivity contribution in [1.29, 1.82) is 0 Å². The molecule has 1 aromatic heterocycles. The van der Waals surface area contributed by atoms with Gasteiger partial charge in [-0.1, -0.05) is 36.0 Å². The Bertz CT molecular complexity index is 958. The van der Waals surface area contributed by atoms with E-state index in [4.69, 9.17) is 0 Å². The molecule has 1 heterocycles. The third kappa shape index (κ3) is 3.46. The molecule has 0 spiro atoms. The fourth-order valence-electron chi connectivity index (χ4n) is 2.14. The van der Waals surface area contributed by atoms with E-state index in [9.17, 15) is 14.0 Å². The minimum absolute atomic E-state index is 0.120. The van der Waals surface area contributed by atoms with E-state index in [1.54, 1.807) is 43.3 Å². The number of anilines is 1. The zero-order valence-electron chi connectivity index (χ0n) is 12.7. The monoisotopic (exact) mass is 343 g/mol. The van der Waals surface area contributed by atoms with Gasteiger partial charge < -0.3 is 10.3 Å². The molecule has 0 fully saturated rings. The Kier molecular flexibility index (Phi) is 4.61. The first kappa shape index (κ1) is 16.2. The molecule has 2 aromatic carbocycles. The highest BCUT2D eigenvalue weighted by Crippen LogP contribution is 2.22. The molecule has 0 bridgehead atoms. The average molecular weight is 343 g/mol. The fourth-order valence-corrected chi connectivity index (χ4v) is 2.94. The first-order chi connectivity index (χ1) is 11.5. The third-order valence-electron chi connectivity index (χ3n) is 3.38. The maximum atomic E-state index is 13.6. The Morgan fingerprint density at radius 2 is 1.92 bits per heavy atom. The van der Waals surface area contributed by atoms with Crippen molar-refractivity contribution in [3.05, 3.63) is 64.7 Å². The van der Waals surface area contributed by atoms with Gasteiger partial charge in [0, 0.05) is 0 Å². The number of carbonyl (C=O) groups excluding carboxylic acids is 1. The van der Waals surface area contributed by atoms with Gasteiger partial charge in [-0.3, -0.25) is 9.59 Å². The molecule has 0 saturated carbocycles. The number of aromatic amines is 1. The van der Waals surface area contributed by atoms with Gasteiger partial charge in [-0.15, -0.1) is 0 Å². The third-order valence-corrected chi connectivity index (χ3v) is 4.36. The summed E-state index contributed by atoms with van der Waals surface area (Å²) in [5.74, 6) is -0.874. The number of nitrogens with one attached hydrogen (secondary N) is 2. The van der Waals surface area contributed by atoms with Gasteiger partial charge in [0.05, 0.1) is 21.8 Å². The molecule has 0 aliphatic carbocycles. The number of rotatable bonds is 4. The number of para-hydroxylation sites is 2. The summed E-state index contributed by atoms with van der Waals surface area (Å²) in [6.07, 6.45) is 0. The molecule has 122 valence electrons. The molecule has 7 heteroatoms. The lowest BCUT2D eigenvalue weighted by Gasteiger charge is -2.12. The van der Waals surface area contributed by atoms with Crippen LogP contribution in [0.5, 0.6) is 0 Å². The van der Waals surface area contributed by atoms with Crippen LogP contribution in [0.1, 0.15) is 6.92 Å². The summed E-state index contributed by atoms with van der Waals surface area (Å²) >= 11 is 1.10. The van der Waals surface area contributed by atoms with E-state index in [1.807, 2.05) is 0 Å². The van der Waals surface area contributed by atoms with Crippen molar-refractivity contribution in [2.75, 3.05) is 5.32 Å². The van der Waals surface area contributed by atoms with Gasteiger partial charge >= 0.3 is 0 Å². The predicted octanol–water partition coefficient (Wildman–Crippen LogP) is 3.18. The van der Waals surface area contributed by atoms with E-state index in [2.05, 4.69) is 15.3 Å². The normalized spacial score (nSPS) is 12.1. The topological polar surface area (TPSA) is 74.8 Å². The summed E-state index contributed by atoms with van der Waals surface area (Å²) in [5.41, 5.74) is 0.421. The van der Waals surface area contributed by atoms with Gasteiger partial charge in [-0.05, 0) is 31.2 Å². The summed E-state index contributed by atoms with van der Waals surface area (Å²) in [7, 11) is 0. The van der Waals surface area contributed by atoms with Crippen LogP contribution in [0.25, 0.3) is 10.9 Å². The Balaban J connectivity index is 1.77. The maximum Gasteiger partial charge on any atom is 0.259 e. The van der Waals surface area contributed by atoms with Crippen molar-refractivity contribution in [3.8, 4) is 0 Å². The molecule has 0 aliphatic rings. The Labute approximate surface area is 141 Å². The molecule has 0 aliphatic heterocycles. The highest BCUT2D eigenvalue weighted by atomic mass is 32.2. The van der Waals surface area contributed by atoms with Crippen LogP contribution >= 0.6 is 11.8 Å². The zero-order chi connectivity index (χ0) is 17.1. The van der Waals surface area contributed by atoms with Gasteiger partial charge in [0.1, 0.15) is 5.82 Å². The van der Waals surface area contributed by atoms with E-state index in [0.29, 0.717) is 16.1 Å². The Morgan fingerprint density at radius 3 is 2.71 bits per heavy atom. The highest BCUT2D eigenvalue weighted by Gasteiger charge is 2.17. The van der Waals surface area contributed by atoms with Gasteiger partial charge in [0.2, 0.25) is 5.91 Å². The number of halogens is 1. The van der Waals surface area contributed by atoms with Gasteiger partial charge in [-0.2, -0.15) is 0 Å². The molecule has 0 unspecified atom stereocenters. The number of hydrogen-bond donors (Lipinski definition) is 2. The van der Waals surface area contributed by atoms with Crippen LogP contribution in [0, 0.1) is 5.82 Å². The van der Waals surface area contributed by atoms with Crippen molar-refractivity contribution in [2.24, 2.45) is 0 Å². The molecule has 5 nitrogen and oxygen atoms in total. The molecule has 1 atom stereocenters. The van der Waals surface area contributed by atoms with E-state index in [-0.39, 0.29) is 17.2 Å². The van der Waals surface area contributed by atoms with Crippen molar-refractivity contribution < 1.29 is 9.18 Å². The van der Waals surface area contributed by atoms with Crippen LogP contribution in [0.4, 0.5) is 10.1 Å². The van der Waals surface area contributed by atoms with Gasteiger partial charge in [-0.25, -0.2) is 9.37 Å². The molecule has 0 radical (unpaired) electrons.